The quantitative estimate of drug-likeness (QED) is 0.195. The standard InChI is InChI=1S/C23H37N5O8/c1-12(29)17(25-19(31)14-6-3-9-24-14)21(33)27-10-4-7-15(27)20(32)26-18(13(2)30)22(34)28-11-5-8-16(28)23(35)36/h12-18,24,29-30H,3-11H2,1-2H3,(H,25,31)(H,26,32)(H,35,36)/t12-,13-,14+,15+,16+,17+,18+/m1/s1. The van der Waals surface area contributed by atoms with Crippen LogP contribution in [0, 0.1) is 0 Å². The van der Waals surface area contributed by atoms with Crippen LogP contribution < -0.4 is 16.0 Å². The van der Waals surface area contributed by atoms with Gasteiger partial charge in [0.2, 0.25) is 23.6 Å². The molecule has 13 nitrogen and oxygen atoms in total. The van der Waals surface area contributed by atoms with Crippen molar-refractivity contribution in [3.63, 3.8) is 0 Å². The third-order valence-electron chi connectivity index (χ3n) is 7.13. The summed E-state index contributed by atoms with van der Waals surface area (Å²) in [6, 6.07) is -5.07. The number of hydrogen-bond acceptors (Lipinski definition) is 8. The van der Waals surface area contributed by atoms with Crippen molar-refractivity contribution in [1.82, 2.24) is 25.8 Å². The summed E-state index contributed by atoms with van der Waals surface area (Å²) < 4.78 is 0. The van der Waals surface area contributed by atoms with Crippen LogP contribution in [0.4, 0.5) is 0 Å². The van der Waals surface area contributed by atoms with Gasteiger partial charge in [0.05, 0.1) is 18.2 Å². The molecule has 13 heteroatoms. The molecule has 7 atom stereocenters. The number of likely N-dealkylation sites (tertiary alicyclic amines) is 2. The van der Waals surface area contributed by atoms with E-state index in [0.29, 0.717) is 32.2 Å². The number of amides is 4. The summed E-state index contributed by atoms with van der Waals surface area (Å²) in [6.45, 7) is 3.82. The lowest BCUT2D eigenvalue weighted by Gasteiger charge is -2.33. The summed E-state index contributed by atoms with van der Waals surface area (Å²) in [7, 11) is 0. The predicted octanol–water partition coefficient (Wildman–Crippen LogP) is -2.46. The van der Waals surface area contributed by atoms with Crippen LogP contribution in [0.2, 0.25) is 0 Å². The average Bonchev–Trinajstić information content (AvgIpc) is 3.60. The van der Waals surface area contributed by atoms with Crippen LogP contribution in [0.5, 0.6) is 0 Å². The fraction of sp³-hybridized carbons (Fsp3) is 0.783. The van der Waals surface area contributed by atoms with Gasteiger partial charge in [0.1, 0.15) is 24.2 Å². The maximum absolute atomic E-state index is 13.3. The molecule has 3 rings (SSSR count). The van der Waals surface area contributed by atoms with E-state index >= 15 is 0 Å². The number of carbonyl (C=O) groups excluding carboxylic acids is 4. The number of carboxylic acids is 1. The van der Waals surface area contributed by atoms with Crippen LogP contribution in [0.1, 0.15) is 52.4 Å². The molecular weight excluding hydrogens is 474 g/mol. The Labute approximate surface area is 209 Å². The van der Waals surface area contributed by atoms with Crippen molar-refractivity contribution < 1.29 is 39.3 Å². The van der Waals surface area contributed by atoms with Gasteiger partial charge in [-0.25, -0.2) is 4.79 Å². The summed E-state index contributed by atoms with van der Waals surface area (Å²) >= 11 is 0. The van der Waals surface area contributed by atoms with E-state index < -0.39 is 72.0 Å². The molecule has 3 aliphatic rings. The molecule has 4 amide bonds. The molecule has 202 valence electrons. The molecule has 36 heavy (non-hydrogen) atoms. The minimum Gasteiger partial charge on any atom is -0.480 e. The Morgan fingerprint density at radius 2 is 1.28 bits per heavy atom. The second-order valence-electron chi connectivity index (χ2n) is 9.82. The summed E-state index contributed by atoms with van der Waals surface area (Å²) in [6.07, 6.45) is 0.516. The van der Waals surface area contributed by atoms with E-state index in [4.69, 9.17) is 0 Å². The fourth-order valence-corrected chi connectivity index (χ4v) is 5.14. The summed E-state index contributed by atoms with van der Waals surface area (Å²) in [5, 5.41) is 38.0. The lowest BCUT2D eigenvalue weighted by atomic mass is 10.1. The molecule has 3 fully saturated rings. The van der Waals surface area contributed by atoms with Gasteiger partial charge < -0.3 is 41.1 Å². The minimum atomic E-state index is -1.38. The Hall–Kier alpha value is -2.77. The molecule has 0 aromatic heterocycles. The zero-order valence-corrected chi connectivity index (χ0v) is 20.7. The molecule has 3 heterocycles. The van der Waals surface area contributed by atoms with Gasteiger partial charge >= 0.3 is 5.97 Å². The van der Waals surface area contributed by atoms with Crippen molar-refractivity contribution in [2.75, 3.05) is 19.6 Å². The van der Waals surface area contributed by atoms with E-state index in [9.17, 15) is 39.3 Å². The van der Waals surface area contributed by atoms with Gasteiger partial charge in [-0.2, -0.15) is 0 Å². The highest BCUT2D eigenvalue weighted by Crippen LogP contribution is 2.22. The maximum Gasteiger partial charge on any atom is 0.326 e. The summed E-state index contributed by atoms with van der Waals surface area (Å²) in [5.41, 5.74) is 0. The maximum atomic E-state index is 13.3. The minimum absolute atomic E-state index is 0.203. The van der Waals surface area contributed by atoms with Crippen molar-refractivity contribution >= 4 is 29.6 Å². The van der Waals surface area contributed by atoms with Crippen molar-refractivity contribution in [3.05, 3.63) is 0 Å². The molecule has 0 spiro atoms. The van der Waals surface area contributed by atoms with Crippen molar-refractivity contribution in [2.24, 2.45) is 0 Å². The molecule has 0 bridgehead atoms. The van der Waals surface area contributed by atoms with Crippen LogP contribution in [0.25, 0.3) is 0 Å². The highest BCUT2D eigenvalue weighted by Gasteiger charge is 2.43. The number of aliphatic hydroxyl groups excluding tert-OH is 2. The molecule has 3 aliphatic heterocycles. The molecule has 6 N–H and O–H groups in total. The molecule has 0 saturated carbocycles. The first-order valence-electron chi connectivity index (χ1n) is 12.6. The SMILES string of the molecule is C[C@@H](O)[C@H](NC(=O)[C@@H]1CCCN1C(=O)[C@@H](NC(=O)[C@@H]1CCCN1)[C@@H](C)O)C(=O)N1CCC[C@H]1C(=O)O. The monoisotopic (exact) mass is 511 g/mol. The number of aliphatic carboxylic acids is 1. The molecule has 0 radical (unpaired) electrons. The van der Waals surface area contributed by atoms with Crippen LogP contribution >= 0.6 is 0 Å². The van der Waals surface area contributed by atoms with Crippen molar-refractivity contribution in [3.8, 4) is 0 Å². The largest absolute Gasteiger partial charge is 0.480 e. The van der Waals surface area contributed by atoms with Crippen LogP contribution in [-0.2, 0) is 24.0 Å². The Bertz CT molecular complexity index is 859. The highest BCUT2D eigenvalue weighted by molar-refractivity contribution is 5.96. The lowest BCUT2D eigenvalue weighted by Crippen LogP contribution is -2.61. The van der Waals surface area contributed by atoms with Crippen molar-refractivity contribution in [1.29, 1.82) is 0 Å². The van der Waals surface area contributed by atoms with Gasteiger partial charge in [-0.15, -0.1) is 0 Å². The summed E-state index contributed by atoms with van der Waals surface area (Å²) in [5.74, 6) is -3.52. The van der Waals surface area contributed by atoms with Gasteiger partial charge in [0.15, 0.2) is 0 Å². The third-order valence-corrected chi connectivity index (χ3v) is 7.13. The number of carboxylic acid groups (broad SMARTS) is 1. The lowest BCUT2D eigenvalue weighted by molar-refractivity contribution is -0.151. The Balaban J connectivity index is 1.69. The van der Waals surface area contributed by atoms with Crippen LogP contribution in [0.15, 0.2) is 0 Å². The molecule has 0 aromatic carbocycles. The van der Waals surface area contributed by atoms with E-state index in [1.165, 1.54) is 18.7 Å². The molecular formula is C23H37N5O8. The zero-order valence-electron chi connectivity index (χ0n) is 20.7. The van der Waals surface area contributed by atoms with Crippen LogP contribution in [-0.4, -0.2) is 117 Å². The second-order valence-corrected chi connectivity index (χ2v) is 9.82. The number of aliphatic hydroxyl groups is 2. The number of rotatable bonds is 9. The van der Waals surface area contributed by atoms with Crippen LogP contribution in [0.3, 0.4) is 0 Å². The number of nitrogens with one attached hydrogen (secondary N) is 3. The smallest absolute Gasteiger partial charge is 0.326 e. The molecule has 0 aromatic rings. The zero-order chi connectivity index (χ0) is 26.6. The molecule has 3 saturated heterocycles. The summed E-state index contributed by atoms with van der Waals surface area (Å²) in [4.78, 5) is 66.0. The van der Waals surface area contributed by atoms with E-state index in [1.807, 2.05) is 0 Å². The van der Waals surface area contributed by atoms with Gasteiger partial charge in [0, 0.05) is 13.1 Å². The first kappa shape index (κ1) is 27.8. The van der Waals surface area contributed by atoms with Crippen molar-refractivity contribution in [2.45, 2.75) is 94.8 Å². The Morgan fingerprint density at radius 3 is 1.75 bits per heavy atom. The third kappa shape index (κ3) is 6.13. The van der Waals surface area contributed by atoms with Gasteiger partial charge in [-0.1, -0.05) is 0 Å². The van der Waals surface area contributed by atoms with Gasteiger partial charge in [-0.3, -0.25) is 19.2 Å². The Kier molecular flexibility index (Phi) is 9.25. The van der Waals surface area contributed by atoms with E-state index in [1.54, 1.807) is 0 Å². The average molecular weight is 512 g/mol. The first-order chi connectivity index (χ1) is 17.0. The normalized spacial score (nSPS) is 27.3. The molecule has 0 aliphatic carbocycles. The van der Waals surface area contributed by atoms with E-state index in [0.717, 1.165) is 11.3 Å². The van der Waals surface area contributed by atoms with E-state index in [-0.39, 0.29) is 19.5 Å². The van der Waals surface area contributed by atoms with Gasteiger partial charge in [0.25, 0.3) is 0 Å². The number of nitrogens with zero attached hydrogens (tertiary/aromatic N) is 2. The second kappa shape index (κ2) is 12.0. The number of hydrogen-bond donors (Lipinski definition) is 6. The fourth-order valence-electron chi connectivity index (χ4n) is 5.14. The highest BCUT2D eigenvalue weighted by atomic mass is 16.4. The molecule has 0 unspecified atom stereocenters. The van der Waals surface area contributed by atoms with E-state index in [2.05, 4.69) is 16.0 Å². The number of carbonyl (C=O) groups is 5. The Morgan fingerprint density at radius 1 is 0.778 bits per heavy atom. The topological polar surface area (TPSA) is 189 Å². The predicted molar refractivity (Wildman–Crippen MR) is 125 cm³/mol. The van der Waals surface area contributed by atoms with Gasteiger partial charge in [-0.05, 0) is 58.9 Å². The first-order valence-corrected chi connectivity index (χ1v) is 12.6.